The highest BCUT2D eigenvalue weighted by Crippen LogP contribution is 2.42. The van der Waals surface area contributed by atoms with Crippen LogP contribution in [0.5, 0.6) is 17.2 Å². The maximum absolute atomic E-state index is 14.7. The van der Waals surface area contributed by atoms with E-state index in [1.165, 1.54) is 66.2 Å². The third-order valence-corrected chi connectivity index (χ3v) is 11.9. The predicted octanol–water partition coefficient (Wildman–Crippen LogP) is 5.10. The number of allylic oxidation sites excluding steroid dienone is 2. The van der Waals surface area contributed by atoms with Crippen molar-refractivity contribution in [2.24, 2.45) is 23.7 Å². The molecular weight excluding hydrogens is 831 g/mol. The van der Waals surface area contributed by atoms with E-state index in [-0.39, 0.29) is 97.6 Å². The number of phenols is 1. The standard InChI is InChI=1S/C47H55N3O14/c1-21-12-11-13-22(2)46(58)50-38-41(56)34-33(37-44(38)63-32-20-29(19-30(53)36(32)49-37)60-17-15-48-27(7)51)35-43(26(6)40(34)55)64-47(9,45(35)57)61-16-14-31(59-10)25(5)42(62-28(8)52)24(4)18-23(3)39(21)54/h11-14,16,19-21,23-25,31,39,42,54-55,57H,15,17-18H2,1-10H3,(H,48,51)(H,50,58)/b12-11+,16-14+,22-13-/t21-,23-,24+,25+,31-,39-,42-,47-/m0/s1. The van der Waals surface area contributed by atoms with Crippen LogP contribution in [-0.4, -0.2) is 82.4 Å². The second kappa shape index (κ2) is 18.7. The molecule has 0 spiro atoms. The van der Waals surface area contributed by atoms with E-state index < -0.39 is 69.9 Å². The van der Waals surface area contributed by atoms with Crippen LogP contribution in [0, 0.1) is 30.6 Å². The van der Waals surface area contributed by atoms with Gasteiger partial charge in [0.25, 0.3) is 5.91 Å². The average Bonchev–Trinajstić information content (AvgIpc) is 3.50. The van der Waals surface area contributed by atoms with E-state index in [0.29, 0.717) is 6.42 Å². The predicted molar refractivity (Wildman–Crippen MR) is 238 cm³/mol. The summed E-state index contributed by atoms with van der Waals surface area (Å²) in [4.78, 5) is 70.6. The first-order valence-corrected chi connectivity index (χ1v) is 21.0. The van der Waals surface area contributed by atoms with Crippen molar-refractivity contribution in [1.82, 2.24) is 10.3 Å². The summed E-state index contributed by atoms with van der Waals surface area (Å²) in [7, 11) is 1.48. The van der Waals surface area contributed by atoms with Crippen LogP contribution in [0.2, 0.25) is 0 Å². The van der Waals surface area contributed by atoms with Crippen molar-refractivity contribution in [1.29, 1.82) is 0 Å². The zero-order valence-electron chi connectivity index (χ0n) is 37.5. The fourth-order valence-electron chi connectivity index (χ4n) is 8.42. The largest absolute Gasteiger partial charge is 0.507 e. The Balaban J connectivity index is 1.61. The summed E-state index contributed by atoms with van der Waals surface area (Å²) in [5.74, 6) is -5.85. The van der Waals surface area contributed by atoms with Gasteiger partial charge in [0.05, 0.1) is 35.6 Å². The van der Waals surface area contributed by atoms with Crippen LogP contribution in [0.15, 0.2) is 62.3 Å². The molecule has 2 aliphatic rings. The molecule has 2 amide bonds. The number of nitrogens with zero attached hydrogens (tertiary/aromatic N) is 1. The first kappa shape index (κ1) is 47.0. The van der Waals surface area contributed by atoms with E-state index in [1.54, 1.807) is 18.2 Å². The van der Waals surface area contributed by atoms with Gasteiger partial charge in [-0.25, -0.2) is 4.98 Å². The molecule has 5 N–H and O–H groups in total. The molecule has 17 nitrogen and oxygen atoms in total. The second-order valence-electron chi connectivity index (χ2n) is 16.8. The lowest BCUT2D eigenvalue weighted by atomic mass is 9.80. The number of hydrogen-bond acceptors (Lipinski definition) is 15. The normalized spacial score (nSPS) is 27.4. The Labute approximate surface area is 368 Å². The number of rotatable bonds is 6. The highest BCUT2D eigenvalue weighted by molar-refractivity contribution is 6.16. The first-order valence-electron chi connectivity index (χ1n) is 21.0. The number of aliphatic hydroxyl groups is 2. The smallest absolute Gasteiger partial charge is 0.307 e. The molecule has 3 heterocycles. The minimum Gasteiger partial charge on any atom is -0.507 e. The summed E-state index contributed by atoms with van der Waals surface area (Å²) in [5, 5.41) is 39.8. The first-order chi connectivity index (χ1) is 30.2. The van der Waals surface area contributed by atoms with Gasteiger partial charge in [0.2, 0.25) is 16.8 Å². The molecule has 4 bridgehead atoms. The number of esters is 1. The number of aromatic nitrogens is 1. The molecular formula is C47H55N3O14. The Bertz CT molecular complexity index is 2800. The number of anilines is 1. The number of amides is 2. The molecule has 0 aliphatic carbocycles. The molecule has 0 saturated heterocycles. The van der Waals surface area contributed by atoms with Crippen molar-refractivity contribution in [3.8, 4) is 17.2 Å². The summed E-state index contributed by atoms with van der Waals surface area (Å²) in [6.45, 7) is 14.7. The maximum Gasteiger partial charge on any atom is 0.307 e. The van der Waals surface area contributed by atoms with E-state index in [0.717, 1.165) is 0 Å². The van der Waals surface area contributed by atoms with Gasteiger partial charge in [0, 0.05) is 68.4 Å². The zero-order valence-corrected chi connectivity index (χ0v) is 37.5. The van der Waals surface area contributed by atoms with Gasteiger partial charge in [0.15, 0.2) is 22.4 Å². The number of hydrogen-bond donors (Lipinski definition) is 5. The summed E-state index contributed by atoms with van der Waals surface area (Å²) in [5.41, 5.74) is -2.64. The number of fused-ring (bicyclic) bond motifs is 2. The monoisotopic (exact) mass is 885 g/mol. The minimum atomic E-state index is -1.97. The number of ether oxygens (including phenoxy) is 5. The lowest BCUT2D eigenvalue weighted by molar-refractivity contribution is -0.155. The summed E-state index contributed by atoms with van der Waals surface area (Å²) >= 11 is 0. The Morgan fingerprint density at radius 1 is 1.02 bits per heavy atom. The topological polar surface area (TPSA) is 242 Å². The van der Waals surface area contributed by atoms with E-state index in [4.69, 9.17) is 28.1 Å². The second-order valence-corrected chi connectivity index (χ2v) is 16.8. The van der Waals surface area contributed by atoms with E-state index in [1.807, 2.05) is 27.7 Å². The van der Waals surface area contributed by atoms with Gasteiger partial charge < -0.3 is 54.1 Å². The van der Waals surface area contributed by atoms with Crippen molar-refractivity contribution >= 4 is 62.2 Å². The van der Waals surface area contributed by atoms with Crippen LogP contribution in [0.3, 0.4) is 0 Å². The van der Waals surface area contributed by atoms with Crippen molar-refractivity contribution in [3.63, 3.8) is 0 Å². The van der Waals surface area contributed by atoms with Crippen molar-refractivity contribution < 1.29 is 57.8 Å². The van der Waals surface area contributed by atoms with Gasteiger partial charge in [0.1, 0.15) is 41.2 Å². The van der Waals surface area contributed by atoms with Crippen molar-refractivity contribution in [2.75, 3.05) is 25.6 Å². The lowest BCUT2D eigenvalue weighted by Gasteiger charge is -2.34. The lowest BCUT2D eigenvalue weighted by Crippen LogP contribution is -2.39. The number of aliphatic hydroxyl groups excluding tert-OH is 2. The molecule has 2 aliphatic heterocycles. The number of methoxy groups -OCH3 is 1. The molecule has 64 heavy (non-hydrogen) atoms. The molecule has 8 atom stereocenters. The van der Waals surface area contributed by atoms with Gasteiger partial charge in [-0.3, -0.25) is 24.0 Å². The average molecular weight is 886 g/mol. The number of phenolic OH excluding ortho intramolecular Hbond substituents is 1. The molecule has 0 fully saturated rings. The van der Waals surface area contributed by atoms with E-state index >= 15 is 0 Å². The molecule has 17 heteroatoms. The number of aromatic hydroxyl groups is 1. The van der Waals surface area contributed by atoms with Gasteiger partial charge >= 0.3 is 11.8 Å². The number of carbonyl (C=O) groups excluding carboxylic acids is 3. The third-order valence-electron chi connectivity index (χ3n) is 11.9. The van der Waals surface area contributed by atoms with Crippen molar-refractivity contribution in [2.45, 2.75) is 92.8 Å². The van der Waals surface area contributed by atoms with Gasteiger partial charge in [-0.2, -0.15) is 0 Å². The van der Waals surface area contributed by atoms with E-state index in [9.17, 15) is 39.3 Å². The third kappa shape index (κ3) is 9.13. The molecule has 4 aromatic rings. The maximum atomic E-state index is 14.7. The Morgan fingerprint density at radius 3 is 2.41 bits per heavy atom. The quantitative estimate of drug-likeness (QED) is 0.0732. The molecule has 0 radical (unpaired) electrons. The Hall–Kier alpha value is -6.46. The minimum absolute atomic E-state index is 0.00801. The Morgan fingerprint density at radius 2 is 1.73 bits per heavy atom. The molecule has 1 aromatic heterocycles. The van der Waals surface area contributed by atoms with Gasteiger partial charge in [-0.15, -0.1) is 0 Å². The highest BCUT2D eigenvalue weighted by Gasteiger charge is 2.44. The summed E-state index contributed by atoms with van der Waals surface area (Å²) in [6.07, 6.45) is 6.01. The number of nitrogens with one attached hydrogen (secondary N) is 2. The molecule has 0 saturated carbocycles. The zero-order chi connectivity index (χ0) is 46.9. The van der Waals surface area contributed by atoms with E-state index in [2.05, 4.69) is 15.6 Å². The molecule has 342 valence electrons. The van der Waals surface area contributed by atoms with Crippen LogP contribution < -0.4 is 36.2 Å². The van der Waals surface area contributed by atoms with Crippen LogP contribution in [0.4, 0.5) is 5.69 Å². The molecule has 6 rings (SSSR count). The summed E-state index contributed by atoms with van der Waals surface area (Å²) < 4.78 is 36.0. The summed E-state index contributed by atoms with van der Waals surface area (Å²) in [6, 6.07) is 2.54. The van der Waals surface area contributed by atoms with Gasteiger partial charge in [-0.1, -0.05) is 45.9 Å². The number of carbonyl (C=O) groups is 3. The highest BCUT2D eigenvalue weighted by atomic mass is 16.7. The molecule has 3 aromatic carbocycles. The Kier molecular flexibility index (Phi) is 13.8. The molecule has 0 unspecified atom stereocenters. The number of benzene rings is 3. The SMILES string of the molecule is CO[C@H]1/C=C/O[C@@]2(C)Oc3c(C)c(O)c4c(=O)c(c5oc6cc(OCCNC(C)=O)cc(=O)c6nc5c4c3=C2O)NC(=O)/C(C)=C\C=C\[C@H](C)[C@H](O)[C@@H](C)C[C@@H](C)[C@H](OC(C)=O)[C@@H]1C. The van der Waals surface area contributed by atoms with Crippen LogP contribution >= 0.6 is 0 Å². The van der Waals surface area contributed by atoms with Crippen LogP contribution in [0.1, 0.15) is 67.4 Å². The van der Waals surface area contributed by atoms with Crippen molar-refractivity contribution in [3.05, 3.63) is 79.5 Å². The van der Waals surface area contributed by atoms with Crippen LogP contribution in [-0.2, 0) is 28.6 Å². The fourth-order valence-corrected chi connectivity index (χ4v) is 8.42. The fraction of sp³-hybridized carbons (Fsp3) is 0.447. The van der Waals surface area contributed by atoms with Crippen LogP contribution in [0.25, 0.3) is 38.7 Å². The van der Waals surface area contributed by atoms with Gasteiger partial charge in [-0.05, 0) is 38.2 Å².